The number of carbonyl (C=O) groups is 3. The van der Waals surface area contributed by atoms with Crippen LogP contribution in [0.2, 0.25) is 0 Å². The maximum Gasteiger partial charge on any atom is 0.355 e. The zero-order valence-corrected chi connectivity index (χ0v) is 61.2. The number of benzene rings is 9. The summed E-state index contributed by atoms with van der Waals surface area (Å²) in [7, 11) is -14.2. The summed E-state index contributed by atoms with van der Waals surface area (Å²) in [6.07, 6.45) is 3.52. The zero-order valence-electron chi connectivity index (χ0n) is 49.3. The number of nitrogens with zero attached hydrogens (tertiary/aromatic N) is 4. The molecule has 18 nitrogen and oxygen atoms in total. The fourth-order valence-electron chi connectivity index (χ4n) is 9.98. The fraction of sp³-hybridized carbons (Fsp3) is 0.0147. The van der Waals surface area contributed by atoms with E-state index < -0.39 is 57.3 Å². The molecule has 0 aliphatic carbocycles. The van der Waals surface area contributed by atoms with Gasteiger partial charge in [-0.15, -0.1) is 0 Å². The van der Waals surface area contributed by atoms with Crippen molar-refractivity contribution >= 4 is 203 Å². The Morgan fingerprint density at radius 2 is 0.719 bits per heavy atom. The van der Waals surface area contributed by atoms with Crippen molar-refractivity contribution in [1.82, 2.24) is 20.9 Å². The number of hydrogen-bond donors (Lipinski definition) is 2. The van der Waals surface area contributed by atoms with E-state index in [1.807, 2.05) is 30.5 Å². The van der Waals surface area contributed by atoms with Gasteiger partial charge in [0, 0.05) is 67.2 Å². The molecule has 2 N–H and O–H groups in total. The largest absolute Gasteiger partial charge is 0.477 e. The van der Waals surface area contributed by atoms with Crippen LogP contribution in [0.5, 0.6) is 0 Å². The van der Waals surface area contributed by atoms with Gasteiger partial charge in [-0.05, 0) is 151 Å². The van der Waals surface area contributed by atoms with Gasteiger partial charge in [0.1, 0.15) is 17.1 Å². The topological polar surface area (TPSA) is 253 Å². The van der Waals surface area contributed by atoms with E-state index in [1.165, 1.54) is 76.6 Å². The highest BCUT2D eigenvalue weighted by molar-refractivity contribution is 9.11. The number of hydrogen-bond acceptors (Lipinski definition) is 12. The van der Waals surface area contributed by atoms with Gasteiger partial charge in [-0.1, -0.05) is 183 Å². The third kappa shape index (κ3) is 14.4. The Morgan fingerprint density at radius 1 is 0.385 bits per heavy atom. The van der Waals surface area contributed by atoms with Crippen LogP contribution in [0.4, 0.5) is 0 Å². The number of carbonyl (C=O) groups excluding carboxylic acids is 2. The Balaban J connectivity index is 0.000000133. The zero-order chi connectivity index (χ0) is 68.9. The minimum absolute atomic E-state index is 0.0370. The van der Waals surface area contributed by atoms with Crippen LogP contribution >= 0.6 is 91.3 Å². The van der Waals surface area contributed by atoms with Gasteiger partial charge < -0.3 is 14.8 Å². The van der Waals surface area contributed by atoms with E-state index in [4.69, 9.17) is 16.3 Å². The molecule has 0 spiro atoms. The molecule has 5 aromatic heterocycles. The summed E-state index contributed by atoms with van der Waals surface area (Å²) >= 11 is 22.5. The van der Waals surface area contributed by atoms with Crippen molar-refractivity contribution in [3.63, 3.8) is 0 Å². The maximum absolute atomic E-state index is 13.0. The van der Waals surface area contributed by atoms with E-state index in [2.05, 4.69) is 96.8 Å². The van der Waals surface area contributed by atoms with Crippen LogP contribution in [0.25, 0.3) is 54.5 Å². The third-order valence-electron chi connectivity index (χ3n) is 14.4. The van der Waals surface area contributed by atoms with Crippen molar-refractivity contribution in [3.8, 4) is 0 Å². The highest BCUT2D eigenvalue weighted by Gasteiger charge is 2.30. The number of ether oxygens (including phenoxy) is 1. The summed E-state index contributed by atoms with van der Waals surface area (Å²) in [5, 5.41) is 12.4. The van der Waals surface area contributed by atoms with Gasteiger partial charge in [0.2, 0.25) is 0 Å². The Labute approximate surface area is 597 Å². The molecule has 0 saturated heterocycles. The lowest BCUT2D eigenvalue weighted by molar-refractivity contribution is 0.0592. The van der Waals surface area contributed by atoms with Crippen LogP contribution in [0.1, 0.15) is 31.5 Å². The predicted octanol–water partition coefficient (Wildman–Crippen LogP) is 17.4. The summed E-state index contributed by atoms with van der Waals surface area (Å²) in [5.74, 6) is -2.02. The van der Waals surface area contributed by atoms with Crippen molar-refractivity contribution in [1.29, 1.82) is 0 Å². The van der Waals surface area contributed by atoms with Crippen LogP contribution in [0.15, 0.2) is 297 Å². The Morgan fingerprint density at radius 3 is 1.10 bits per heavy atom. The average Bonchev–Trinajstić information content (AvgIpc) is 1.60. The molecule has 96 heavy (non-hydrogen) atoms. The Bertz CT molecular complexity index is 5590. The molecule has 0 fully saturated rings. The first kappa shape index (κ1) is 70.6. The van der Waals surface area contributed by atoms with Crippen molar-refractivity contribution < 1.29 is 57.9 Å². The number of H-pyrrole nitrogens is 1. The average molecular weight is 1710 g/mol. The van der Waals surface area contributed by atoms with Gasteiger partial charge in [-0.2, -0.15) is 0 Å². The van der Waals surface area contributed by atoms with Gasteiger partial charge in [0.05, 0.1) is 48.8 Å². The minimum Gasteiger partial charge on any atom is -0.477 e. The summed E-state index contributed by atoms with van der Waals surface area (Å²) < 4.78 is 116. The van der Waals surface area contributed by atoms with E-state index in [1.54, 1.807) is 158 Å². The second-order valence-electron chi connectivity index (χ2n) is 20.2. The van der Waals surface area contributed by atoms with Gasteiger partial charge >= 0.3 is 11.9 Å². The molecule has 0 radical (unpaired) electrons. The van der Waals surface area contributed by atoms with Crippen LogP contribution in [-0.2, 0) is 44.8 Å². The van der Waals surface area contributed by atoms with E-state index >= 15 is 0 Å². The molecule has 9 aromatic carbocycles. The Kier molecular flexibility index (Phi) is 21.8. The molecule has 0 bridgehead atoms. The van der Waals surface area contributed by atoms with Crippen LogP contribution < -0.4 is 0 Å². The highest BCUT2D eigenvalue weighted by atomic mass is 79.9. The molecule has 0 unspecified atom stereocenters. The van der Waals surface area contributed by atoms with E-state index in [0.717, 1.165) is 26.2 Å². The number of esters is 1. The summed E-state index contributed by atoms with van der Waals surface area (Å²) in [6, 6.07) is 67.0. The maximum atomic E-state index is 13.0. The van der Waals surface area contributed by atoms with Gasteiger partial charge in [-0.3, -0.25) is 4.79 Å². The quantitative estimate of drug-likeness (QED) is 0.0904. The lowest BCUT2D eigenvalue weighted by Gasteiger charge is -2.10. The number of nitrogens with one attached hydrogen (secondary N) is 1. The van der Waals surface area contributed by atoms with Crippen molar-refractivity contribution in [2.24, 2.45) is 0 Å². The minimum atomic E-state index is -4.00. The molecule has 14 rings (SSSR count). The van der Waals surface area contributed by atoms with E-state index in [9.17, 15) is 53.2 Å². The lowest BCUT2D eigenvalue weighted by atomic mass is 10.2. The van der Waals surface area contributed by atoms with E-state index in [-0.39, 0.29) is 36.7 Å². The molecule has 14 aromatic rings. The van der Waals surface area contributed by atoms with Crippen LogP contribution in [0, 0.1) is 0 Å². The molecule has 0 aliphatic heterocycles. The van der Waals surface area contributed by atoms with Crippen molar-refractivity contribution in [3.05, 3.63) is 294 Å². The molecule has 0 amide bonds. The molecular weight excluding hydrogens is 1660 g/mol. The van der Waals surface area contributed by atoms with Crippen molar-refractivity contribution in [2.45, 2.75) is 19.6 Å². The SMILES string of the molecule is Brc1cccc2[nH]ccc12.COC(=O)c1cc2c(Br)cccc2n1S(=O)(=O)c1ccccc1.O=C(Cl)c1cc2c(Br)cccc2n1S(=O)(=O)c1ccccc1.O=C(O)c1cc2c(Br)cccc2n1S(=O)(=O)c1ccccc1.O=S(=O)(c1ccccc1)n1ccc2c(Br)cccc21. The summed E-state index contributed by atoms with van der Waals surface area (Å²) in [6.45, 7) is 0. The smallest absolute Gasteiger partial charge is 0.355 e. The number of rotatable bonds is 11. The van der Waals surface area contributed by atoms with Crippen LogP contribution in [-0.4, -0.2) is 83.9 Å². The normalized spacial score (nSPS) is 11.6. The van der Waals surface area contributed by atoms with Gasteiger partial charge in [0.25, 0.3) is 45.3 Å². The molecule has 5 heterocycles. The third-order valence-corrected chi connectivity index (χ3v) is 25.0. The Hall–Kier alpha value is -8.22. The molecular formula is C68H47Br5ClN5O13S4. The number of aromatic nitrogens is 5. The molecule has 0 atom stereocenters. The fourth-order valence-corrected chi connectivity index (χ4v) is 18.5. The number of carboxylic acid groups (broad SMARTS) is 1. The molecule has 28 heteroatoms. The second kappa shape index (κ2) is 29.6. The number of halogens is 6. The second-order valence-corrected chi connectivity index (χ2v) is 32.0. The first-order chi connectivity index (χ1) is 45.8. The first-order valence-corrected chi connectivity index (χ1v) is 38.0. The van der Waals surface area contributed by atoms with Gasteiger partial charge in [0.15, 0.2) is 0 Å². The molecule has 0 saturated carbocycles. The summed E-state index contributed by atoms with van der Waals surface area (Å²) in [5.41, 5.74) is 2.52. The molecule has 488 valence electrons. The predicted molar refractivity (Wildman–Crippen MR) is 389 cm³/mol. The number of aromatic carboxylic acids is 1. The van der Waals surface area contributed by atoms with E-state index in [0.29, 0.717) is 51.6 Å². The molecule has 0 aliphatic rings. The summed E-state index contributed by atoms with van der Waals surface area (Å²) in [4.78, 5) is 38.9. The first-order valence-electron chi connectivity index (χ1n) is 27.9. The number of aromatic amines is 1. The highest BCUT2D eigenvalue weighted by Crippen LogP contribution is 2.35. The van der Waals surface area contributed by atoms with Crippen molar-refractivity contribution in [2.75, 3.05) is 7.11 Å². The number of methoxy groups -OCH3 is 1. The lowest BCUT2D eigenvalue weighted by Crippen LogP contribution is -2.19. The van der Waals surface area contributed by atoms with Crippen LogP contribution in [0.3, 0.4) is 0 Å². The number of carboxylic acids is 1. The number of fused-ring (bicyclic) bond motifs is 5. The van der Waals surface area contributed by atoms with Gasteiger partial charge in [-0.25, -0.2) is 59.1 Å². The standard InChI is InChI=1S/C16H12BrNO4S.C15H9BrClNO3S.C15H10BrNO4S.C14H10BrNO2S.C8H6BrN/c1-22-16(19)15-10-12-13(17)8-5-9-14(12)18(15)23(20,21)11-6-3-2-4-7-11;16-12-7-4-8-13-11(12)9-14(15(17)19)18(13)22(20,21)10-5-2-1-3-6-10;16-12-7-4-8-13-11(12)9-14(15(18)19)17(13)22(20,21)10-5-2-1-3-6-10;15-13-7-4-8-14-12(13)9-10-16(14)19(17,18)11-5-2-1-3-6-11;9-7-2-1-3-8-6(7)4-5-10-8/h2-10H,1H3;1-9H;1-9H,(H,18,19);1-10H;1-5,10H. The monoisotopic (exact) mass is 1700 g/mol.